The van der Waals surface area contributed by atoms with Gasteiger partial charge in [-0.2, -0.15) is 0 Å². The van der Waals surface area contributed by atoms with Crippen LogP contribution in [0.4, 0.5) is 5.82 Å². The summed E-state index contributed by atoms with van der Waals surface area (Å²) in [5.41, 5.74) is 3.86. The Balaban J connectivity index is 0.00000231. The number of hydrogen-bond donors (Lipinski definition) is 0. The van der Waals surface area contributed by atoms with E-state index in [0.717, 1.165) is 72.9 Å². The summed E-state index contributed by atoms with van der Waals surface area (Å²) in [7, 11) is 0. The maximum absolute atomic E-state index is 6.19. The molecule has 0 atom stereocenters. The summed E-state index contributed by atoms with van der Waals surface area (Å²) >= 11 is 0. The van der Waals surface area contributed by atoms with Gasteiger partial charge < -0.3 is 9.32 Å². The van der Waals surface area contributed by atoms with Crippen LogP contribution in [0.5, 0.6) is 0 Å². The van der Waals surface area contributed by atoms with Gasteiger partial charge in [0.25, 0.3) is 0 Å². The van der Waals surface area contributed by atoms with Gasteiger partial charge >= 0.3 is 0 Å². The summed E-state index contributed by atoms with van der Waals surface area (Å²) in [6, 6.07) is 18.6. The largest absolute Gasteiger partial charge is 0.450 e. The van der Waals surface area contributed by atoms with E-state index < -0.39 is 0 Å². The predicted molar refractivity (Wildman–Crippen MR) is 130 cm³/mol. The summed E-state index contributed by atoms with van der Waals surface area (Å²) in [4.78, 5) is 14.5. The molecule has 0 radical (unpaired) electrons. The third-order valence-corrected chi connectivity index (χ3v) is 5.71. The zero-order chi connectivity index (χ0) is 20.3. The number of piperazine rings is 1. The van der Waals surface area contributed by atoms with Crippen molar-refractivity contribution in [3.63, 3.8) is 0 Å². The number of benzene rings is 2. The van der Waals surface area contributed by atoms with Gasteiger partial charge in [-0.1, -0.05) is 61.5 Å². The van der Waals surface area contributed by atoms with Gasteiger partial charge in [-0.15, -0.1) is 12.4 Å². The highest BCUT2D eigenvalue weighted by atomic mass is 35.5. The van der Waals surface area contributed by atoms with Crippen LogP contribution >= 0.6 is 12.4 Å². The lowest BCUT2D eigenvalue weighted by Crippen LogP contribution is -2.46. The van der Waals surface area contributed by atoms with Crippen LogP contribution in [-0.4, -0.2) is 47.6 Å². The molecule has 0 N–H and O–H groups in total. The van der Waals surface area contributed by atoms with E-state index in [2.05, 4.69) is 59.2 Å². The molecule has 2 aromatic carbocycles. The third-order valence-electron chi connectivity index (χ3n) is 5.71. The monoisotopic (exact) mass is 434 g/mol. The summed E-state index contributed by atoms with van der Waals surface area (Å²) in [5, 5.41) is 1.07. The van der Waals surface area contributed by atoms with Crippen LogP contribution in [0.15, 0.2) is 65.1 Å². The van der Waals surface area contributed by atoms with Crippen LogP contribution in [0.25, 0.3) is 28.1 Å². The van der Waals surface area contributed by atoms with E-state index in [0.29, 0.717) is 0 Å². The first kappa shape index (κ1) is 21.3. The van der Waals surface area contributed by atoms with Crippen molar-refractivity contribution in [1.82, 2.24) is 14.9 Å². The van der Waals surface area contributed by atoms with Crippen LogP contribution in [-0.2, 0) is 6.42 Å². The van der Waals surface area contributed by atoms with Crippen molar-refractivity contribution in [1.29, 1.82) is 0 Å². The van der Waals surface area contributed by atoms with Crippen LogP contribution in [0.3, 0.4) is 0 Å². The normalized spacial score (nSPS) is 15.1. The molecule has 0 bridgehead atoms. The van der Waals surface area contributed by atoms with Gasteiger partial charge in [0.2, 0.25) is 0 Å². The minimum atomic E-state index is 0. The highest BCUT2D eigenvalue weighted by Crippen LogP contribution is 2.33. The fourth-order valence-electron chi connectivity index (χ4n) is 4.04. The van der Waals surface area contributed by atoms with Crippen molar-refractivity contribution in [2.24, 2.45) is 0 Å². The molecule has 1 fully saturated rings. The van der Waals surface area contributed by atoms with Crippen molar-refractivity contribution in [2.45, 2.75) is 13.3 Å². The molecule has 1 saturated heterocycles. The minimum absolute atomic E-state index is 0. The van der Waals surface area contributed by atoms with Crippen LogP contribution < -0.4 is 4.90 Å². The van der Waals surface area contributed by atoms with E-state index in [4.69, 9.17) is 14.4 Å². The standard InChI is InChI=1S/C25H26N4O.ClH/c1-2-22-26-23-20-12-6-7-13-21(20)30-24(23)25(27-22)29-17-15-28(16-18-29)14-8-11-19-9-4-3-5-10-19;/h3-13H,2,14-18H2,1H3;1H/b11-8+;. The van der Waals surface area contributed by atoms with Crippen molar-refractivity contribution >= 4 is 46.4 Å². The van der Waals surface area contributed by atoms with Gasteiger partial charge in [-0.25, -0.2) is 9.97 Å². The number of para-hydroxylation sites is 1. The Morgan fingerprint density at radius 1 is 0.935 bits per heavy atom. The molecule has 0 saturated carbocycles. The number of nitrogens with zero attached hydrogens (tertiary/aromatic N) is 4. The van der Waals surface area contributed by atoms with E-state index in [-0.39, 0.29) is 12.4 Å². The molecule has 1 aliphatic heterocycles. The number of rotatable bonds is 5. The molecule has 2 aromatic heterocycles. The molecule has 5 rings (SSSR count). The van der Waals surface area contributed by atoms with Crippen molar-refractivity contribution in [3.8, 4) is 0 Å². The van der Waals surface area contributed by atoms with Crippen molar-refractivity contribution in [3.05, 3.63) is 72.1 Å². The van der Waals surface area contributed by atoms with Gasteiger partial charge in [0.15, 0.2) is 11.4 Å². The average Bonchev–Trinajstić information content (AvgIpc) is 3.18. The average molecular weight is 435 g/mol. The van der Waals surface area contributed by atoms with Gasteiger partial charge in [0, 0.05) is 44.5 Å². The predicted octanol–water partition coefficient (Wildman–Crippen LogP) is 5.20. The number of furan rings is 1. The van der Waals surface area contributed by atoms with E-state index in [9.17, 15) is 0 Å². The Bertz CT molecular complexity index is 1180. The molecule has 0 unspecified atom stereocenters. The molecule has 31 heavy (non-hydrogen) atoms. The molecular formula is C25H27ClN4O. The fraction of sp³-hybridized carbons (Fsp3) is 0.280. The molecule has 4 aromatic rings. The lowest BCUT2D eigenvalue weighted by molar-refractivity contribution is 0.283. The second-order valence-electron chi connectivity index (χ2n) is 7.69. The lowest BCUT2D eigenvalue weighted by Gasteiger charge is -2.34. The van der Waals surface area contributed by atoms with E-state index in [1.54, 1.807) is 0 Å². The lowest BCUT2D eigenvalue weighted by atomic mass is 10.2. The van der Waals surface area contributed by atoms with E-state index >= 15 is 0 Å². The summed E-state index contributed by atoms with van der Waals surface area (Å²) < 4.78 is 6.19. The Labute approximate surface area is 188 Å². The summed E-state index contributed by atoms with van der Waals surface area (Å²) in [6.07, 6.45) is 5.26. The molecule has 5 nitrogen and oxygen atoms in total. The fourth-order valence-corrected chi connectivity index (χ4v) is 4.04. The molecule has 1 aliphatic rings. The smallest absolute Gasteiger partial charge is 0.196 e. The number of fused-ring (bicyclic) bond motifs is 3. The van der Waals surface area contributed by atoms with Crippen LogP contribution in [0, 0.1) is 0 Å². The van der Waals surface area contributed by atoms with E-state index in [1.165, 1.54) is 5.56 Å². The Morgan fingerprint density at radius 3 is 2.45 bits per heavy atom. The highest BCUT2D eigenvalue weighted by molar-refractivity contribution is 6.05. The van der Waals surface area contributed by atoms with Crippen molar-refractivity contribution in [2.75, 3.05) is 37.6 Å². The number of aryl methyl sites for hydroxylation is 1. The first-order valence-electron chi connectivity index (χ1n) is 10.7. The molecule has 0 amide bonds. The Hall–Kier alpha value is -2.89. The number of aromatic nitrogens is 2. The van der Waals surface area contributed by atoms with Crippen molar-refractivity contribution < 1.29 is 4.42 Å². The second-order valence-corrected chi connectivity index (χ2v) is 7.69. The molecule has 0 aliphatic carbocycles. The maximum atomic E-state index is 6.19. The zero-order valence-electron chi connectivity index (χ0n) is 17.7. The Morgan fingerprint density at radius 2 is 1.68 bits per heavy atom. The molecular weight excluding hydrogens is 408 g/mol. The first-order valence-corrected chi connectivity index (χ1v) is 10.7. The topological polar surface area (TPSA) is 45.4 Å². The van der Waals surface area contributed by atoms with Crippen LogP contribution in [0.2, 0.25) is 0 Å². The number of hydrogen-bond acceptors (Lipinski definition) is 5. The molecule has 160 valence electrons. The number of anilines is 1. The van der Waals surface area contributed by atoms with Crippen LogP contribution in [0.1, 0.15) is 18.3 Å². The zero-order valence-corrected chi connectivity index (χ0v) is 18.5. The first-order chi connectivity index (χ1) is 14.8. The Kier molecular flexibility index (Phi) is 6.54. The van der Waals surface area contributed by atoms with Gasteiger partial charge in [0.05, 0.1) is 0 Å². The second kappa shape index (κ2) is 9.50. The van der Waals surface area contributed by atoms with Gasteiger partial charge in [0.1, 0.15) is 16.9 Å². The van der Waals surface area contributed by atoms with Gasteiger partial charge in [-0.3, -0.25) is 4.90 Å². The summed E-state index contributed by atoms with van der Waals surface area (Å²) in [5.74, 6) is 1.81. The molecule has 3 heterocycles. The molecule has 6 heteroatoms. The maximum Gasteiger partial charge on any atom is 0.196 e. The van der Waals surface area contributed by atoms with E-state index in [1.807, 2.05) is 24.3 Å². The molecule has 0 spiro atoms. The summed E-state index contributed by atoms with van der Waals surface area (Å²) in [6.45, 7) is 6.95. The SMILES string of the molecule is CCc1nc(N2CCN(C/C=C/c3ccccc3)CC2)c2oc3ccccc3c2n1.Cl. The third kappa shape index (κ3) is 4.43. The minimum Gasteiger partial charge on any atom is -0.450 e. The van der Waals surface area contributed by atoms with Gasteiger partial charge in [-0.05, 0) is 17.7 Å². The highest BCUT2D eigenvalue weighted by Gasteiger charge is 2.23. The number of halogens is 1. The quantitative estimate of drug-likeness (QED) is 0.432.